The summed E-state index contributed by atoms with van der Waals surface area (Å²) >= 11 is 5.95. The summed E-state index contributed by atoms with van der Waals surface area (Å²) in [5.41, 5.74) is 2.29. The Morgan fingerprint density at radius 1 is 1.21 bits per heavy atom. The molecule has 3 aromatic rings. The van der Waals surface area contributed by atoms with Gasteiger partial charge in [0.1, 0.15) is 25.0 Å². The monoisotopic (exact) mass is 345 g/mol. The van der Waals surface area contributed by atoms with Crippen molar-refractivity contribution in [3.8, 4) is 5.75 Å². The van der Waals surface area contributed by atoms with Gasteiger partial charge < -0.3 is 9.84 Å². The van der Waals surface area contributed by atoms with E-state index in [2.05, 4.69) is 35.2 Å². The van der Waals surface area contributed by atoms with E-state index in [1.165, 1.54) is 5.82 Å². The molecule has 0 amide bonds. The van der Waals surface area contributed by atoms with Crippen LogP contribution in [0.4, 0.5) is 0 Å². The molecule has 3 rings (SSSR count). The number of ether oxygens (including phenoxy) is 1. The number of para-hydroxylation sites is 2. The summed E-state index contributed by atoms with van der Waals surface area (Å²) in [7, 11) is 2.06. The van der Waals surface area contributed by atoms with E-state index in [0.29, 0.717) is 17.3 Å². The molecule has 0 unspecified atom stereocenters. The predicted octanol–water partition coefficient (Wildman–Crippen LogP) is 3.12. The number of aryl methyl sites for hydroxylation is 1. The van der Waals surface area contributed by atoms with Crippen molar-refractivity contribution in [2.45, 2.75) is 26.0 Å². The van der Waals surface area contributed by atoms with Crippen LogP contribution >= 0.6 is 11.6 Å². The third-order valence-electron chi connectivity index (χ3n) is 4.18. The van der Waals surface area contributed by atoms with Gasteiger partial charge in [0.2, 0.25) is 0 Å². The van der Waals surface area contributed by atoms with Crippen LogP contribution in [0.25, 0.3) is 11.0 Å². The molecule has 2 aromatic carbocycles. The molecule has 0 bridgehead atoms. The van der Waals surface area contributed by atoms with Gasteiger partial charge in [0.15, 0.2) is 11.0 Å². The molecule has 24 heavy (non-hydrogen) atoms. The van der Waals surface area contributed by atoms with Gasteiger partial charge in [-0.05, 0) is 30.3 Å². The minimum absolute atomic E-state index is 0.222. The first-order valence-corrected chi connectivity index (χ1v) is 8.50. The quantitative estimate of drug-likeness (QED) is 0.697. The summed E-state index contributed by atoms with van der Waals surface area (Å²) in [6.45, 7) is 2.84. The maximum atomic E-state index is 10.4. The van der Waals surface area contributed by atoms with E-state index in [1.54, 1.807) is 12.1 Å². The lowest BCUT2D eigenvalue weighted by Crippen LogP contribution is -2.34. The van der Waals surface area contributed by atoms with Crippen LogP contribution in [0.2, 0.25) is 5.02 Å². The molecule has 126 valence electrons. The van der Waals surface area contributed by atoms with Crippen LogP contribution in [0.3, 0.4) is 0 Å². The minimum atomic E-state index is -0.606. The summed E-state index contributed by atoms with van der Waals surface area (Å²) in [6, 6.07) is 15.4. The van der Waals surface area contributed by atoms with Crippen molar-refractivity contribution in [1.29, 1.82) is 0 Å². The standard InChI is InChI=1S/C19H22ClN2O2/c1-3-19-21(2)17-9-4-5-10-18(17)22(19)12-15(23)13-24-16-8-6-7-14(20)11-16/h4-11,15,23H,3,12-13H2,1-2H3/q+1/t15-/m1/s1. The molecule has 0 saturated carbocycles. The lowest BCUT2D eigenvalue weighted by molar-refractivity contribution is -0.653. The molecule has 1 aromatic heterocycles. The molecular weight excluding hydrogens is 324 g/mol. The van der Waals surface area contributed by atoms with Gasteiger partial charge in [0.05, 0.1) is 7.05 Å². The van der Waals surface area contributed by atoms with Gasteiger partial charge in [-0.3, -0.25) is 0 Å². The fourth-order valence-corrected chi connectivity index (χ4v) is 3.26. The van der Waals surface area contributed by atoms with Crippen LogP contribution in [0, 0.1) is 0 Å². The van der Waals surface area contributed by atoms with E-state index >= 15 is 0 Å². The number of hydrogen-bond donors (Lipinski definition) is 1. The highest BCUT2D eigenvalue weighted by Crippen LogP contribution is 2.18. The molecule has 1 N–H and O–H groups in total. The van der Waals surface area contributed by atoms with Crippen molar-refractivity contribution in [2.75, 3.05) is 6.61 Å². The van der Waals surface area contributed by atoms with E-state index in [4.69, 9.17) is 16.3 Å². The predicted molar refractivity (Wildman–Crippen MR) is 95.4 cm³/mol. The number of aliphatic hydroxyl groups excluding tert-OH is 1. The second-order valence-electron chi connectivity index (χ2n) is 5.85. The van der Waals surface area contributed by atoms with E-state index in [9.17, 15) is 5.11 Å². The molecule has 4 nitrogen and oxygen atoms in total. The Hall–Kier alpha value is -2.04. The summed E-state index contributed by atoms with van der Waals surface area (Å²) in [5.74, 6) is 1.85. The molecule has 0 spiro atoms. The molecule has 0 saturated heterocycles. The highest BCUT2D eigenvalue weighted by atomic mass is 35.5. The maximum Gasteiger partial charge on any atom is 0.256 e. The molecule has 5 heteroatoms. The lowest BCUT2D eigenvalue weighted by atomic mass is 10.3. The van der Waals surface area contributed by atoms with Crippen molar-refractivity contribution in [3.05, 3.63) is 59.4 Å². The van der Waals surface area contributed by atoms with Gasteiger partial charge in [-0.15, -0.1) is 0 Å². The fourth-order valence-electron chi connectivity index (χ4n) is 3.08. The minimum Gasteiger partial charge on any atom is -0.491 e. The Morgan fingerprint density at radius 3 is 2.75 bits per heavy atom. The normalized spacial score (nSPS) is 12.5. The number of rotatable bonds is 6. The molecular formula is C19H22ClN2O2+. The first-order valence-electron chi connectivity index (χ1n) is 8.12. The van der Waals surface area contributed by atoms with E-state index in [1.807, 2.05) is 24.3 Å². The van der Waals surface area contributed by atoms with Crippen LogP contribution < -0.4 is 9.30 Å². The number of hydrogen-bond acceptors (Lipinski definition) is 2. The van der Waals surface area contributed by atoms with Gasteiger partial charge in [-0.2, -0.15) is 0 Å². The van der Waals surface area contributed by atoms with Gasteiger partial charge in [-0.1, -0.05) is 36.7 Å². The zero-order valence-electron chi connectivity index (χ0n) is 13.9. The van der Waals surface area contributed by atoms with Crippen molar-refractivity contribution in [3.63, 3.8) is 0 Å². The van der Waals surface area contributed by atoms with Gasteiger partial charge in [0, 0.05) is 11.4 Å². The third kappa shape index (κ3) is 3.40. The number of nitrogens with zero attached hydrogens (tertiary/aromatic N) is 2. The first-order chi connectivity index (χ1) is 11.6. The number of imidazole rings is 1. The smallest absolute Gasteiger partial charge is 0.256 e. The SMILES string of the molecule is CCc1n(C[C@@H](O)COc2cccc(Cl)c2)c2ccccc2[n+]1C. The summed E-state index contributed by atoms with van der Waals surface area (Å²) in [4.78, 5) is 0. The van der Waals surface area contributed by atoms with Crippen LogP contribution in [0.15, 0.2) is 48.5 Å². The second kappa shape index (κ2) is 7.24. The summed E-state index contributed by atoms with van der Waals surface area (Å²) < 4.78 is 10.0. The van der Waals surface area contributed by atoms with Crippen molar-refractivity contribution >= 4 is 22.6 Å². The molecule has 1 atom stereocenters. The summed E-state index contributed by atoms with van der Waals surface area (Å²) in [6.07, 6.45) is 0.289. The van der Waals surface area contributed by atoms with E-state index < -0.39 is 6.10 Å². The van der Waals surface area contributed by atoms with E-state index in [0.717, 1.165) is 17.5 Å². The van der Waals surface area contributed by atoms with Crippen LogP contribution in [-0.4, -0.2) is 22.4 Å². The Bertz CT molecular complexity index is 844. The number of aliphatic hydroxyl groups is 1. The Labute approximate surface area is 146 Å². The largest absolute Gasteiger partial charge is 0.491 e. The number of halogens is 1. The van der Waals surface area contributed by atoms with E-state index in [-0.39, 0.29) is 6.61 Å². The Kier molecular flexibility index (Phi) is 5.07. The van der Waals surface area contributed by atoms with Gasteiger partial charge in [0.25, 0.3) is 5.82 Å². The van der Waals surface area contributed by atoms with Crippen molar-refractivity contribution in [2.24, 2.45) is 7.05 Å². The lowest BCUT2D eigenvalue weighted by Gasteiger charge is -2.12. The molecule has 1 heterocycles. The topological polar surface area (TPSA) is 38.3 Å². The highest BCUT2D eigenvalue weighted by molar-refractivity contribution is 6.30. The zero-order valence-corrected chi connectivity index (χ0v) is 14.7. The maximum absolute atomic E-state index is 10.4. The highest BCUT2D eigenvalue weighted by Gasteiger charge is 2.23. The third-order valence-corrected chi connectivity index (χ3v) is 4.42. The molecule has 0 aliphatic heterocycles. The fraction of sp³-hybridized carbons (Fsp3) is 0.316. The number of aromatic nitrogens is 2. The number of fused-ring (bicyclic) bond motifs is 1. The molecule has 0 aliphatic carbocycles. The van der Waals surface area contributed by atoms with Crippen LogP contribution in [0.5, 0.6) is 5.75 Å². The molecule has 0 fully saturated rings. The summed E-state index contributed by atoms with van der Waals surface area (Å²) in [5, 5.41) is 11.1. The zero-order chi connectivity index (χ0) is 17.1. The number of benzene rings is 2. The van der Waals surface area contributed by atoms with Gasteiger partial charge >= 0.3 is 0 Å². The second-order valence-corrected chi connectivity index (χ2v) is 6.29. The van der Waals surface area contributed by atoms with Crippen LogP contribution in [0.1, 0.15) is 12.7 Å². The van der Waals surface area contributed by atoms with Crippen molar-refractivity contribution in [1.82, 2.24) is 4.57 Å². The first kappa shape index (κ1) is 16.8. The van der Waals surface area contributed by atoms with Crippen LogP contribution in [-0.2, 0) is 20.0 Å². The average molecular weight is 346 g/mol. The Balaban J connectivity index is 1.77. The van der Waals surface area contributed by atoms with Crippen molar-refractivity contribution < 1.29 is 14.4 Å². The average Bonchev–Trinajstić information content (AvgIpc) is 2.85. The molecule has 0 radical (unpaired) electrons. The Morgan fingerprint density at radius 2 is 2.00 bits per heavy atom. The molecule has 0 aliphatic rings. The van der Waals surface area contributed by atoms with Gasteiger partial charge in [-0.25, -0.2) is 9.13 Å².